The Hall–Kier alpha value is -2.37. The smallest absolute Gasteiger partial charge is 0.372 e. The van der Waals surface area contributed by atoms with E-state index in [1.54, 1.807) is 31.4 Å². The highest BCUT2D eigenvalue weighted by Crippen LogP contribution is 2.13. The molecular weight excluding hydrogens is 234 g/mol. The second-order valence-electron chi connectivity index (χ2n) is 4.15. The molecule has 0 unspecified atom stereocenters. The van der Waals surface area contributed by atoms with Gasteiger partial charge >= 0.3 is 11.4 Å². The third-order valence-corrected chi connectivity index (χ3v) is 2.43. The maximum absolute atomic E-state index is 11.6. The fourth-order valence-corrected chi connectivity index (χ4v) is 1.67. The van der Waals surface area contributed by atoms with E-state index in [2.05, 4.69) is 14.5 Å². The van der Waals surface area contributed by atoms with Crippen LogP contribution in [0.15, 0.2) is 31.2 Å². The van der Waals surface area contributed by atoms with Gasteiger partial charge in [0.1, 0.15) is 0 Å². The van der Waals surface area contributed by atoms with Gasteiger partial charge in [-0.1, -0.05) is 0 Å². The summed E-state index contributed by atoms with van der Waals surface area (Å²) in [5.74, 6) is -0.745. The summed E-state index contributed by atoms with van der Waals surface area (Å²) in [6, 6.07) is 3.47. The largest absolute Gasteiger partial charge is 0.419 e. The van der Waals surface area contributed by atoms with Crippen LogP contribution in [0.5, 0.6) is 0 Å². The van der Waals surface area contributed by atoms with Crippen LogP contribution >= 0.6 is 0 Å². The van der Waals surface area contributed by atoms with Crippen LogP contribution in [0.1, 0.15) is 11.1 Å². The summed E-state index contributed by atoms with van der Waals surface area (Å²) >= 11 is 0. The van der Waals surface area contributed by atoms with Crippen molar-refractivity contribution in [2.45, 2.75) is 6.92 Å². The van der Waals surface area contributed by atoms with E-state index >= 15 is 0 Å². The lowest BCUT2D eigenvalue weighted by Crippen LogP contribution is -2.15. The van der Waals surface area contributed by atoms with Crippen molar-refractivity contribution in [2.24, 2.45) is 5.10 Å². The minimum atomic E-state index is -0.745. The van der Waals surface area contributed by atoms with Crippen molar-refractivity contribution in [1.29, 1.82) is 0 Å². The molecule has 0 aliphatic carbocycles. The van der Waals surface area contributed by atoms with Gasteiger partial charge in [-0.05, 0) is 30.2 Å². The molecule has 0 aliphatic heterocycles. The van der Waals surface area contributed by atoms with E-state index in [9.17, 15) is 9.59 Å². The standard InChI is InChI=1S/C12H13N3O3/c1-7-4-8(6-13-15(2)3)5-9-10(7)14-12(17)18-11(9)16/h4-6H,1-3H3,(H,14,17)/b13-6+. The molecule has 6 heteroatoms. The molecule has 0 bridgehead atoms. The van der Waals surface area contributed by atoms with Crippen molar-refractivity contribution in [3.05, 3.63) is 44.2 Å². The number of nitrogens with zero attached hydrogens (tertiary/aromatic N) is 2. The van der Waals surface area contributed by atoms with E-state index in [0.29, 0.717) is 10.9 Å². The van der Waals surface area contributed by atoms with Crippen LogP contribution in [0.3, 0.4) is 0 Å². The van der Waals surface area contributed by atoms with E-state index < -0.39 is 11.4 Å². The molecular formula is C12H13N3O3. The molecule has 2 aromatic rings. The van der Waals surface area contributed by atoms with Crippen LogP contribution in [0.4, 0.5) is 0 Å². The van der Waals surface area contributed by atoms with Gasteiger partial charge in [0.25, 0.3) is 0 Å². The van der Waals surface area contributed by atoms with Gasteiger partial charge in [0.15, 0.2) is 0 Å². The van der Waals surface area contributed by atoms with Crippen molar-refractivity contribution in [3.8, 4) is 0 Å². The molecule has 0 spiro atoms. The average Bonchev–Trinajstić information content (AvgIpc) is 2.28. The first-order valence-corrected chi connectivity index (χ1v) is 5.36. The molecule has 94 valence electrons. The molecule has 18 heavy (non-hydrogen) atoms. The number of fused-ring (bicyclic) bond motifs is 1. The monoisotopic (exact) mass is 247 g/mol. The maximum Gasteiger partial charge on any atom is 0.419 e. The normalized spacial score (nSPS) is 11.3. The lowest BCUT2D eigenvalue weighted by molar-refractivity contribution is 0.440. The highest BCUT2D eigenvalue weighted by molar-refractivity contribution is 5.89. The van der Waals surface area contributed by atoms with Crippen molar-refractivity contribution < 1.29 is 4.42 Å². The van der Waals surface area contributed by atoms with Gasteiger partial charge < -0.3 is 9.43 Å². The first kappa shape index (κ1) is 12.1. The molecule has 0 saturated heterocycles. The van der Waals surface area contributed by atoms with Crippen LogP contribution in [-0.4, -0.2) is 30.3 Å². The van der Waals surface area contributed by atoms with Crippen LogP contribution < -0.4 is 11.4 Å². The molecule has 0 aliphatic rings. The van der Waals surface area contributed by atoms with Crippen LogP contribution in [-0.2, 0) is 0 Å². The number of aryl methyl sites for hydroxylation is 1. The zero-order valence-electron chi connectivity index (χ0n) is 10.4. The first-order chi connectivity index (χ1) is 8.47. The Morgan fingerprint density at radius 2 is 2.06 bits per heavy atom. The number of hydrogen-bond donors (Lipinski definition) is 1. The Morgan fingerprint density at radius 3 is 2.72 bits per heavy atom. The Balaban J connectivity index is 2.69. The highest BCUT2D eigenvalue weighted by atomic mass is 16.4. The van der Waals surface area contributed by atoms with Gasteiger partial charge in [-0.25, -0.2) is 9.59 Å². The summed E-state index contributed by atoms with van der Waals surface area (Å²) in [5.41, 5.74) is 1.42. The number of hydrazone groups is 1. The Labute approximate surface area is 103 Å². The predicted molar refractivity (Wildman–Crippen MR) is 69.1 cm³/mol. The lowest BCUT2D eigenvalue weighted by atomic mass is 10.1. The predicted octanol–water partition coefficient (Wildman–Crippen LogP) is 0.685. The van der Waals surface area contributed by atoms with Crippen LogP contribution in [0.25, 0.3) is 10.9 Å². The van der Waals surface area contributed by atoms with E-state index in [0.717, 1.165) is 11.1 Å². The van der Waals surface area contributed by atoms with Gasteiger partial charge in [0.05, 0.1) is 17.1 Å². The first-order valence-electron chi connectivity index (χ1n) is 5.36. The summed E-state index contributed by atoms with van der Waals surface area (Å²) in [7, 11) is 3.60. The van der Waals surface area contributed by atoms with Crippen LogP contribution in [0, 0.1) is 6.92 Å². The van der Waals surface area contributed by atoms with E-state index in [1.807, 2.05) is 13.0 Å². The lowest BCUT2D eigenvalue weighted by Gasteiger charge is -2.04. The van der Waals surface area contributed by atoms with Crippen molar-refractivity contribution in [1.82, 2.24) is 9.99 Å². The summed E-state index contributed by atoms with van der Waals surface area (Å²) in [4.78, 5) is 25.2. The number of aromatic nitrogens is 1. The number of rotatable bonds is 2. The average molecular weight is 247 g/mol. The molecule has 0 amide bonds. The summed E-state index contributed by atoms with van der Waals surface area (Å²) in [6.07, 6.45) is 1.64. The summed E-state index contributed by atoms with van der Waals surface area (Å²) in [6.45, 7) is 1.81. The molecule has 0 atom stereocenters. The Morgan fingerprint density at radius 1 is 1.33 bits per heavy atom. The van der Waals surface area contributed by atoms with Crippen LogP contribution in [0.2, 0.25) is 0 Å². The SMILES string of the molecule is Cc1cc(/C=N/N(C)C)cc2c(=O)oc(=O)[nH]c12. The van der Waals surface area contributed by atoms with Gasteiger partial charge in [-0.3, -0.25) is 4.98 Å². The number of aromatic amines is 1. The molecule has 1 aromatic carbocycles. The highest BCUT2D eigenvalue weighted by Gasteiger charge is 2.06. The van der Waals surface area contributed by atoms with Gasteiger partial charge in [0, 0.05) is 14.1 Å². The molecule has 1 N–H and O–H groups in total. The minimum Gasteiger partial charge on any atom is -0.372 e. The van der Waals surface area contributed by atoms with Gasteiger partial charge in [-0.2, -0.15) is 5.10 Å². The zero-order valence-corrected chi connectivity index (χ0v) is 10.4. The summed E-state index contributed by atoms with van der Waals surface area (Å²) in [5, 5.41) is 6.08. The second-order valence-corrected chi connectivity index (χ2v) is 4.15. The molecule has 1 aromatic heterocycles. The quantitative estimate of drug-likeness (QED) is 0.625. The fourth-order valence-electron chi connectivity index (χ4n) is 1.67. The minimum absolute atomic E-state index is 0.342. The molecule has 1 heterocycles. The Bertz CT molecular complexity index is 725. The summed E-state index contributed by atoms with van der Waals surface area (Å²) < 4.78 is 4.50. The maximum atomic E-state index is 11.6. The van der Waals surface area contributed by atoms with Gasteiger partial charge in [-0.15, -0.1) is 0 Å². The molecule has 0 fully saturated rings. The number of benzene rings is 1. The third-order valence-electron chi connectivity index (χ3n) is 2.43. The molecule has 6 nitrogen and oxygen atoms in total. The van der Waals surface area contributed by atoms with Gasteiger partial charge in [0.2, 0.25) is 0 Å². The zero-order chi connectivity index (χ0) is 13.3. The second kappa shape index (κ2) is 4.48. The van der Waals surface area contributed by atoms with Crippen molar-refractivity contribution in [3.63, 3.8) is 0 Å². The third kappa shape index (κ3) is 2.32. The topological polar surface area (TPSA) is 78.7 Å². The fraction of sp³-hybridized carbons (Fsp3) is 0.250. The van der Waals surface area contributed by atoms with E-state index in [4.69, 9.17) is 0 Å². The molecule has 0 radical (unpaired) electrons. The van der Waals surface area contributed by atoms with E-state index in [1.165, 1.54) is 0 Å². The number of H-pyrrole nitrogens is 1. The van der Waals surface area contributed by atoms with E-state index in [-0.39, 0.29) is 0 Å². The number of nitrogens with one attached hydrogen (secondary N) is 1. The Kier molecular flexibility index (Phi) is 3.01. The van der Waals surface area contributed by atoms with Crippen molar-refractivity contribution >= 4 is 17.1 Å². The number of hydrogen-bond acceptors (Lipinski definition) is 5. The molecule has 2 rings (SSSR count). The molecule has 0 saturated carbocycles. The van der Waals surface area contributed by atoms with Crippen molar-refractivity contribution in [2.75, 3.05) is 14.1 Å².